The van der Waals surface area contributed by atoms with Crippen molar-refractivity contribution in [2.45, 2.75) is 13.8 Å². The number of esters is 2. The lowest BCUT2D eigenvalue weighted by atomic mass is 10.2. The van der Waals surface area contributed by atoms with E-state index in [1.165, 1.54) is 0 Å². The van der Waals surface area contributed by atoms with Gasteiger partial charge >= 0.3 is 11.9 Å². The Hall–Kier alpha value is -2.93. The Morgan fingerprint density at radius 3 is 1.42 bits per heavy atom. The number of anilines is 2. The maximum atomic E-state index is 11.6. The van der Waals surface area contributed by atoms with Crippen molar-refractivity contribution >= 4 is 40.6 Å². The fourth-order valence-electron chi connectivity index (χ4n) is 2.10. The summed E-state index contributed by atoms with van der Waals surface area (Å²) in [4.78, 5) is 23.2. The summed E-state index contributed by atoms with van der Waals surface area (Å²) in [5.74, 6) is -0.720. The quantitative estimate of drug-likeness (QED) is 0.589. The molecular weight excluding hydrogens is 352 g/mol. The number of carbonyl (C=O) groups is 2. The van der Waals surface area contributed by atoms with Gasteiger partial charge in [0.1, 0.15) is 0 Å². The van der Waals surface area contributed by atoms with Gasteiger partial charge < -0.3 is 20.1 Å². The van der Waals surface area contributed by atoms with E-state index in [9.17, 15) is 9.59 Å². The van der Waals surface area contributed by atoms with Crippen LogP contribution in [0.15, 0.2) is 48.5 Å². The van der Waals surface area contributed by atoms with Crippen LogP contribution in [0.25, 0.3) is 0 Å². The summed E-state index contributed by atoms with van der Waals surface area (Å²) >= 11 is 5.26. The lowest BCUT2D eigenvalue weighted by Gasteiger charge is -2.11. The zero-order valence-corrected chi connectivity index (χ0v) is 15.4. The molecular formula is C19H20N2O4S. The largest absolute Gasteiger partial charge is 0.462 e. The van der Waals surface area contributed by atoms with Crippen molar-refractivity contribution in [1.82, 2.24) is 0 Å². The first kappa shape index (κ1) is 19.4. The molecule has 2 rings (SSSR count). The molecule has 0 aliphatic rings. The first-order valence-electron chi connectivity index (χ1n) is 8.15. The van der Waals surface area contributed by atoms with Gasteiger partial charge in [-0.05, 0) is 74.6 Å². The van der Waals surface area contributed by atoms with Crippen LogP contribution in [-0.4, -0.2) is 30.3 Å². The van der Waals surface area contributed by atoms with Crippen molar-refractivity contribution in [2.75, 3.05) is 23.8 Å². The SMILES string of the molecule is CCOC(=O)c1ccc(NC(=S)Nc2ccc(C(=O)OCC)cc2)cc1. The van der Waals surface area contributed by atoms with Gasteiger partial charge in [-0.3, -0.25) is 0 Å². The minimum Gasteiger partial charge on any atom is -0.462 e. The summed E-state index contributed by atoms with van der Waals surface area (Å²) in [5.41, 5.74) is 2.43. The second kappa shape index (κ2) is 9.53. The van der Waals surface area contributed by atoms with Crippen LogP contribution < -0.4 is 10.6 Å². The summed E-state index contributed by atoms with van der Waals surface area (Å²) in [6.07, 6.45) is 0. The molecule has 6 nitrogen and oxygen atoms in total. The summed E-state index contributed by atoms with van der Waals surface area (Å²) in [7, 11) is 0. The molecule has 0 heterocycles. The van der Waals surface area contributed by atoms with E-state index in [0.29, 0.717) is 29.5 Å². The average molecular weight is 372 g/mol. The van der Waals surface area contributed by atoms with Crippen LogP contribution in [0.5, 0.6) is 0 Å². The van der Waals surface area contributed by atoms with Crippen LogP contribution in [0.4, 0.5) is 11.4 Å². The smallest absolute Gasteiger partial charge is 0.338 e. The number of rotatable bonds is 6. The van der Waals surface area contributed by atoms with E-state index in [1.807, 2.05) is 0 Å². The molecule has 0 radical (unpaired) electrons. The zero-order valence-electron chi connectivity index (χ0n) is 14.6. The van der Waals surface area contributed by atoms with Gasteiger partial charge in [-0.2, -0.15) is 0 Å². The first-order chi connectivity index (χ1) is 12.5. The molecule has 0 fully saturated rings. The van der Waals surface area contributed by atoms with E-state index in [-0.39, 0.29) is 11.9 Å². The number of thiocarbonyl (C=S) groups is 1. The molecule has 2 N–H and O–H groups in total. The van der Waals surface area contributed by atoms with Crippen molar-refractivity contribution in [3.8, 4) is 0 Å². The molecule has 0 spiro atoms. The highest BCUT2D eigenvalue weighted by atomic mass is 32.1. The Labute approximate surface area is 157 Å². The molecule has 0 aromatic heterocycles. The lowest BCUT2D eigenvalue weighted by molar-refractivity contribution is 0.0517. The number of hydrogen-bond acceptors (Lipinski definition) is 5. The molecule has 136 valence electrons. The molecule has 26 heavy (non-hydrogen) atoms. The molecule has 7 heteroatoms. The number of nitrogens with one attached hydrogen (secondary N) is 2. The van der Waals surface area contributed by atoms with Crippen molar-refractivity contribution in [1.29, 1.82) is 0 Å². The third kappa shape index (κ3) is 5.56. The summed E-state index contributed by atoms with van der Waals surface area (Å²) < 4.78 is 9.88. The summed E-state index contributed by atoms with van der Waals surface area (Å²) in [6.45, 7) is 4.19. The van der Waals surface area contributed by atoms with Gasteiger partial charge in [-0.15, -0.1) is 0 Å². The van der Waals surface area contributed by atoms with E-state index in [4.69, 9.17) is 21.7 Å². The fourth-order valence-corrected chi connectivity index (χ4v) is 2.34. The topological polar surface area (TPSA) is 76.7 Å². The number of ether oxygens (including phenoxy) is 2. The number of hydrogen-bond donors (Lipinski definition) is 2. The fraction of sp³-hybridized carbons (Fsp3) is 0.211. The van der Waals surface area contributed by atoms with Crippen LogP contribution in [0.2, 0.25) is 0 Å². The van der Waals surface area contributed by atoms with Crippen molar-refractivity contribution in [3.05, 3.63) is 59.7 Å². The molecule has 0 saturated carbocycles. The van der Waals surface area contributed by atoms with Gasteiger partial charge in [0.25, 0.3) is 0 Å². The standard InChI is InChI=1S/C19H20N2O4S/c1-3-24-17(22)13-5-9-15(10-6-13)20-19(26)21-16-11-7-14(8-12-16)18(23)25-4-2/h5-12H,3-4H2,1-2H3,(H2,20,21,26). The number of benzene rings is 2. The maximum absolute atomic E-state index is 11.6. The highest BCUT2D eigenvalue weighted by Crippen LogP contribution is 2.14. The molecule has 0 amide bonds. The second-order valence-electron chi connectivity index (χ2n) is 5.17. The van der Waals surface area contributed by atoms with Gasteiger partial charge in [0.05, 0.1) is 24.3 Å². The van der Waals surface area contributed by atoms with Crippen molar-refractivity contribution < 1.29 is 19.1 Å². The van der Waals surface area contributed by atoms with Gasteiger partial charge in [-0.25, -0.2) is 9.59 Å². The Morgan fingerprint density at radius 2 is 1.12 bits per heavy atom. The van der Waals surface area contributed by atoms with E-state index >= 15 is 0 Å². The van der Waals surface area contributed by atoms with E-state index in [0.717, 1.165) is 11.4 Å². The van der Waals surface area contributed by atoms with Crippen molar-refractivity contribution in [2.24, 2.45) is 0 Å². The molecule has 0 atom stereocenters. The molecule has 0 aliphatic heterocycles. The van der Waals surface area contributed by atoms with Gasteiger partial charge in [0, 0.05) is 11.4 Å². The highest BCUT2D eigenvalue weighted by molar-refractivity contribution is 7.80. The Kier molecular flexibility index (Phi) is 7.11. The van der Waals surface area contributed by atoms with Gasteiger partial charge in [0.2, 0.25) is 0 Å². The predicted molar refractivity (Wildman–Crippen MR) is 105 cm³/mol. The van der Waals surface area contributed by atoms with Crippen LogP contribution in [0, 0.1) is 0 Å². The lowest BCUT2D eigenvalue weighted by Crippen LogP contribution is -2.19. The molecule has 0 saturated heterocycles. The highest BCUT2D eigenvalue weighted by Gasteiger charge is 2.08. The maximum Gasteiger partial charge on any atom is 0.338 e. The van der Waals surface area contributed by atoms with Crippen molar-refractivity contribution in [3.63, 3.8) is 0 Å². The minimum absolute atomic E-state index is 0.335. The third-order valence-electron chi connectivity index (χ3n) is 3.31. The van der Waals surface area contributed by atoms with Crippen LogP contribution in [-0.2, 0) is 9.47 Å². The zero-order chi connectivity index (χ0) is 18.9. The van der Waals surface area contributed by atoms with Gasteiger partial charge in [0.15, 0.2) is 5.11 Å². The first-order valence-corrected chi connectivity index (χ1v) is 8.56. The third-order valence-corrected chi connectivity index (χ3v) is 3.51. The average Bonchev–Trinajstić information content (AvgIpc) is 2.63. The van der Waals surface area contributed by atoms with E-state index in [2.05, 4.69) is 10.6 Å². The monoisotopic (exact) mass is 372 g/mol. The van der Waals surface area contributed by atoms with Crippen LogP contribution in [0.3, 0.4) is 0 Å². The van der Waals surface area contributed by atoms with Crippen LogP contribution >= 0.6 is 12.2 Å². The summed E-state index contributed by atoms with van der Waals surface area (Å²) in [5, 5.41) is 6.43. The van der Waals surface area contributed by atoms with Gasteiger partial charge in [-0.1, -0.05) is 0 Å². The predicted octanol–water partition coefficient (Wildman–Crippen LogP) is 3.85. The van der Waals surface area contributed by atoms with Crippen LogP contribution in [0.1, 0.15) is 34.6 Å². The molecule has 2 aromatic carbocycles. The molecule has 0 unspecified atom stereocenters. The minimum atomic E-state index is -0.360. The number of carbonyl (C=O) groups excluding carboxylic acids is 2. The Balaban J connectivity index is 1.92. The molecule has 0 bridgehead atoms. The summed E-state index contributed by atoms with van der Waals surface area (Å²) in [6, 6.07) is 13.6. The molecule has 0 aliphatic carbocycles. The van der Waals surface area contributed by atoms with E-state index < -0.39 is 0 Å². The normalized spacial score (nSPS) is 9.92. The Bertz CT molecular complexity index is 708. The Morgan fingerprint density at radius 1 is 0.769 bits per heavy atom. The molecule has 2 aromatic rings. The second-order valence-corrected chi connectivity index (χ2v) is 5.58. The van der Waals surface area contributed by atoms with E-state index in [1.54, 1.807) is 62.4 Å².